The van der Waals surface area contributed by atoms with Crippen LogP contribution < -0.4 is 10.1 Å². The Kier molecular flexibility index (Phi) is 9.98. The molecule has 0 radical (unpaired) electrons. The van der Waals surface area contributed by atoms with Crippen molar-refractivity contribution in [2.45, 2.75) is 71.8 Å². The van der Waals surface area contributed by atoms with E-state index >= 15 is 0 Å². The van der Waals surface area contributed by atoms with E-state index in [0.717, 1.165) is 18.8 Å². The number of hydrogen-bond acceptors (Lipinski definition) is 2. The number of nitrogens with one attached hydrogen (secondary N) is 1. The van der Waals surface area contributed by atoms with Crippen molar-refractivity contribution in [2.75, 3.05) is 13.7 Å². The van der Waals surface area contributed by atoms with E-state index in [-0.39, 0.29) is 0 Å². The SMILES string of the molecule is CCCCCCCCCCNCc1ccc(OC)c(C)c1. The maximum absolute atomic E-state index is 5.28. The summed E-state index contributed by atoms with van der Waals surface area (Å²) in [5.74, 6) is 0.974. The van der Waals surface area contributed by atoms with Crippen molar-refractivity contribution in [3.8, 4) is 5.75 Å². The lowest BCUT2D eigenvalue weighted by Crippen LogP contribution is -2.14. The van der Waals surface area contributed by atoms with Gasteiger partial charge in [-0.3, -0.25) is 0 Å². The summed E-state index contributed by atoms with van der Waals surface area (Å²) in [4.78, 5) is 0. The number of ether oxygens (including phenoxy) is 1. The van der Waals surface area contributed by atoms with Crippen LogP contribution in [0.2, 0.25) is 0 Å². The summed E-state index contributed by atoms with van der Waals surface area (Å²) in [7, 11) is 1.72. The van der Waals surface area contributed by atoms with Gasteiger partial charge in [0.1, 0.15) is 5.75 Å². The second kappa shape index (κ2) is 11.6. The summed E-state index contributed by atoms with van der Waals surface area (Å²) in [6.45, 7) is 6.46. The molecule has 0 atom stereocenters. The minimum Gasteiger partial charge on any atom is -0.496 e. The number of unbranched alkanes of at least 4 members (excludes halogenated alkanes) is 7. The van der Waals surface area contributed by atoms with Gasteiger partial charge >= 0.3 is 0 Å². The molecule has 120 valence electrons. The van der Waals surface area contributed by atoms with Gasteiger partial charge in [-0.25, -0.2) is 0 Å². The lowest BCUT2D eigenvalue weighted by molar-refractivity contribution is 0.411. The van der Waals surface area contributed by atoms with Crippen molar-refractivity contribution >= 4 is 0 Å². The fourth-order valence-electron chi connectivity index (χ4n) is 2.67. The molecule has 0 aliphatic heterocycles. The Balaban J connectivity index is 2.00. The van der Waals surface area contributed by atoms with Gasteiger partial charge in [0.05, 0.1) is 7.11 Å². The minimum atomic E-state index is 0.960. The van der Waals surface area contributed by atoms with Crippen LogP contribution >= 0.6 is 0 Å². The molecule has 0 bridgehead atoms. The van der Waals surface area contributed by atoms with E-state index in [9.17, 15) is 0 Å². The number of rotatable bonds is 12. The average molecular weight is 291 g/mol. The molecular weight excluding hydrogens is 258 g/mol. The van der Waals surface area contributed by atoms with Gasteiger partial charge in [-0.15, -0.1) is 0 Å². The molecule has 0 spiro atoms. The van der Waals surface area contributed by atoms with E-state index in [2.05, 4.69) is 37.4 Å². The number of hydrogen-bond donors (Lipinski definition) is 1. The molecule has 0 aromatic heterocycles. The third kappa shape index (κ3) is 8.11. The van der Waals surface area contributed by atoms with E-state index in [0.29, 0.717) is 0 Å². The maximum atomic E-state index is 5.28. The molecule has 21 heavy (non-hydrogen) atoms. The van der Waals surface area contributed by atoms with Gasteiger partial charge in [0, 0.05) is 6.54 Å². The molecule has 0 aliphatic carbocycles. The van der Waals surface area contributed by atoms with Crippen molar-refractivity contribution in [3.63, 3.8) is 0 Å². The fourth-order valence-corrected chi connectivity index (χ4v) is 2.67. The smallest absolute Gasteiger partial charge is 0.121 e. The summed E-state index contributed by atoms with van der Waals surface area (Å²) in [5.41, 5.74) is 2.55. The standard InChI is InChI=1S/C19H33NO/c1-4-5-6-7-8-9-10-11-14-20-16-18-12-13-19(21-3)17(2)15-18/h12-13,15,20H,4-11,14,16H2,1-3H3. The van der Waals surface area contributed by atoms with Crippen molar-refractivity contribution < 1.29 is 4.74 Å². The molecule has 2 heteroatoms. The Morgan fingerprint density at radius 3 is 2.24 bits per heavy atom. The van der Waals surface area contributed by atoms with E-state index < -0.39 is 0 Å². The number of aryl methyl sites for hydroxylation is 1. The van der Waals surface area contributed by atoms with Crippen LogP contribution in [0.4, 0.5) is 0 Å². The molecule has 0 heterocycles. The molecular formula is C19H33NO. The first-order chi connectivity index (χ1) is 10.3. The van der Waals surface area contributed by atoms with E-state index in [4.69, 9.17) is 4.74 Å². The second-order valence-corrected chi connectivity index (χ2v) is 5.96. The van der Waals surface area contributed by atoms with Gasteiger partial charge in [-0.1, -0.05) is 64.0 Å². The summed E-state index contributed by atoms with van der Waals surface area (Å²) < 4.78 is 5.28. The molecule has 0 fully saturated rings. The van der Waals surface area contributed by atoms with Crippen molar-refractivity contribution in [2.24, 2.45) is 0 Å². The molecule has 0 saturated carbocycles. The Morgan fingerprint density at radius 1 is 0.952 bits per heavy atom. The molecule has 1 aromatic rings. The van der Waals surface area contributed by atoms with Gasteiger partial charge in [0.15, 0.2) is 0 Å². The van der Waals surface area contributed by atoms with Crippen LogP contribution in [0, 0.1) is 6.92 Å². The molecule has 1 aromatic carbocycles. The molecule has 0 saturated heterocycles. The van der Waals surface area contributed by atoms with Crippen LogP contribution in [0.15, 0.2) is 18.2 Å². The molecule has 1 N–H and O–H groups in total. The van der Waals surface area contributed by atoms with E-state index in [1.54, 1.807) is 7.11 Å². The lowest BCUT2D eigenvalue weighted by Gasteiger charge is -2.08. The molecule has 0 aliphatic rings. The lowest BCUT2D eigenvalue weighted by atomic mass is 10.1. The third-order valence-corrected chi connectivity index (χ3v) is 4.00. The highest BCUT2D eigenvalue weighted by Crippen LogP contribution is 2.18. The Morgan fingerprint density at radius 2 is 1.62 bits per heavy atom. The predicted molar refractivity (Wildman–Crippen MR) is 92.0 cm³/mol. The van der Waals surface area contributed by atoms with Crippen LogP contribution in [-0.4, -0.2) is 13.7 Å². The Hall–Kier alpha value is -1.02. The zero-order valence-corrected chi connectivity index (χ0v) is 14.2. The normalized spacial score (nSPS) is 10.8. The van der Waals surface area contributed by atoms with Crippen molar-refractivity contribution in [1.82, 2.24) is 5.32 Å². The Bertz CT molecular complexity index is 376. The number of methoxy groups -OCH3 is 1. The van der Waals surface area contributed by atoms with Gasteiger partial charge in [-0.2, -0.15) is 0 Å². The first-order valence-corrected chi connectivity index (χ1v) is 8.62. The van der Waals surface area contributed by atoms with Crippen LogP contribution in [0.5, 0.6) is 5.75 Å². The summed E-state index contributed by atoms with van der Waals surface area (Å²) >= 11 is 0. The quantitative estimate of drug-likeness (QED) is 0.532. The number of benzene rings is 1. The zero-order chi connectivity index (χ0) is 15.3. The maximum Gasteiger partial charge on any atom is 0.121 e. The van der Waals surface area contributed by atoms with Crippen LogP contribution in [-0.2, 0) is 6.54 Å². The largest absolute Gasteiger partial charge is 0.496 e. The molecule has 1 rings (SSSR count). The zero-order valence-electron chi connectivity index (χ0n) is 14.2. The molecule has 0 amide bonds. The van der Waals surface area contributed by atoms with Gasteiger partial charge in [0.2, 0.25) is 0 Å². The van der Waals surface area contributed by atoms with Gasteiger partial charge < -0.3 is 10.1 Å². The fraction of sp³-hybridized carbons (Fsp3) is 0.684. The van der Waals surface area contributed by atoms with Gasteiger partial charge in [0.25, 0.3) is 0 Å². The second-order valence-electron chi connectivity index (χ2n) is 5.96. The Labute approximate surface area is 131 Å². The summed E-state index contributed by atoms with van der Waals surface area (Å²) in [5, 5.41) is 3.54. The summed E-state index contributed by atoms with van der Waals surface area (Å²) in [6.07, 6.45) is 11.1. The van der Waals surface area contributed by atoms with Gasteiger partial charge in [-0.05, 0) is 37.1 Å². The highest BCUT2D eigenvalue weighted by molar-refractivity contribution is 5.36. The van der Waals surface area contributed by atoms with Crippen LogP contribution in [0.1, 0.15) is 69.4 Å². The average Bonchev–Trinajstić information content (AvgIpc) is 2.49. The molecule has 2 nitrogen and oxygen atoms in total. The highest BCUT2D eigenvalue weighted by Gasteiger charge is 1.99. The predicted octanol–water partition coefficient (Wildman–Crippen LogP) is 5.23. The van der Waals surface area contributed by atoms with Crippen molar-refractivity contribution in [1.29, 1.82) is 0 Å². The van der Waals surface area contributed by atoms with Crippen LogP contribution in [0.25, 0.3) is 0 Å². The van der Waals surface area contributed by atoms with Crippen molar-refractivity contribution in [3.05, 3.63) is 29.3 Å². The van der Waals surface area contributed by atoms with E-state index in [1.165, 1.54) is 62.5 Å². The minimum absolute atomic E-state index is 0.960. The first kappa shape index (κ1) is 18.0. The third-order valence-electron chi connectivity index (χ3n) is 4.00. The van der Waals surface area contributed by atoms with Crippen LogP contribution in [0.3, 0.4) is 0 Å². The first-order valence-electron chi connectivity index (χ1n) is 8.62. The monoisotopic (exact) mass is 291 g/mol. The summed E-state index contributed by atoms with van der Waals surface area (Å²) in [6, 6.07) is 6.41. The highest BCUT2D eigenvalue weighted by atomic mass is 16.5. The molecule has 0 unspecified atom stereocenters. The topological polar surface area (TPSA) is 21.3 Å². The van der Waals surface area contributed by atoms with E-state index in [1.807, 2.05) is 0 Å².